The first-order valence-corrected chi connectivity index (χ1v) is 5.72. The highest BCUT2D eigenvalue weighted by Crippen LogP contribution is 2.13. The molecule has 82 valence electrons. The summed E-state index contributed by atoms with van der Waals surface area (Å²) in [4.78, 5) is 15.8. The number of rotatable bonds is 3. The van der Waals surface area contributed by atoms with Gasteiger partial charge in [-0.3, -0.25) is 4.79 Å². The van der Waals surface area contributed by atoms with Crippen molar-refractivity contribution in [3.8, 4) is 0 Å². The van der Waals surface area contributed by atoms with E-state index in [1.807, 2.05) is 5.38 Å². The van der Waals surface area contributed by atoms with E-state index in [1.54, 1.807) is 25.3 Å². The Hall–Kier alpha value is -1.55. The lowest BCUT2D eigenvalue weighted by molar-refractivity contribution is 0.0992. The summed E-state index contributed by atoms with van der Waals surface area (Å²) in [6.45, 7) is 1.67. The van der Waals surface area contributed by atoms with Crippen LogP contribution in [0.3, 0.4) is 0 Å². The predicted octanol–water partition coefficient (Wildman–Crippen LogP) is 3.02. The molecule has 1 aromatic heterocycles. The highest BCUT2D eigenvalue weighted by Gasteiger charge is 2.10. The number of aryl methyl sites for hydroxylation is 1. The highest BCUT2D eigenvalue weighted by molar-refractivity contribution is 7.09. The first kappa shape index (κ1) is 11.0. The van der Waals surface area contributed by atoms with Gasteiger partial charge >= 0.3 is 0 Å². The second kappa shape index (κ2) is 4.53. The van der Waals surface area contributed by atoms with Gasteiger partial charge in [-0.2, -0.15) is 0 Å². The molecule has 0 saturated carbocycles. The number of hydrogen-bond acceptors (Lipinski definition) is 3. The van der Waals surface area contributed by atoms with Crippen LogP contribution < -0.4 is 0 Å². The normalized spacial score (nSPS) is 10.4. The van der Waals surface area contributed by atoms with E-state index in [-0.39, 0.29) is 18.0 Å². The molecule has 0 saturated heterocycles. The van der Waals surface area contributed by atoms with Crippen LogP contribution in [0.5, 0.6) is 0 Å². The summed E-state index contributed by atoms with van der Waals surface area (Å²) in [7, 11) is 0. The second-order valence-electron chi connectivity index (χ2n) is 3.49. The van der Waals surface area contributed by atoms with Crippen molar-refractivity contribution in [3.63, 3.8) is 0 Å². The molecule has 0 fully saturated rings. The third-order valence-corrected chi connectivity index (χ3v) is 3.07. The third-order valence-electron chi connectivity index (χ3n) is 2.29. The lowest BCUT2D eigenvalue weighted by Gasteiger charge is -2.01. The van der Waals surface area contributed by atoms with Crippen LogP contribution in [-0.4, -0.2) is 10.8 Å². The number of thiazole rings is 1. The number of hydrogen-bond donors (Lipinski definition) is 0. The highest BCUT2D eigenvalue weighted by atomic mass is 32.1. The summed E-state index contributed by atoms with van der Waals surface area (Å²) < 4.78 is 13.3. The number of ketones is 1. The molecule has 0 aliphatic carbocycles. The van der Waals surface area contributed by atoms with Crippen LogP contribution >= 0.6 is 11.3 Å². The molecule has 2 nitrogen and oxygen atoms in total. The number of benzene rings is 1. The van der Waals surface area contributed by atoms with Crippen molar-refractivity contribution in [1.29, 1.82) is 0 Å². The molecule has 4 heteroatoms. The fourth-order valence-electron chi connectivity index (χ4n) is 1.35. The summed E-state index contributed by atoms with van der Waals surface area (Å²) in [6, 6.07) is 4.55. The molecule has 1 heterocycles. The number of carbonyl (C=O) groups is 1. The van der Waals surface area contributed by atoms with E-state index in [4.69, 9.17) is 0 Å². The van der Waals surface area contributed by atoms with E-state index >= 15 is 0 Å². The minimum absolute atomic E-state index is 0.103. The van der Waals surface area contributed by atoms with Crippen molar-refractivity contribution in [2.45, 2.75) is 13.3 Å². The molecule has 0 atom stereocenters. The second-order valence-corrected chi connectivity index (χ2v) is 4.47. The van der Waals surface area contributed by atoms with Crippen molar-refractivity contribution in [3.05, 3.63) is 51.7 Å². The maximum atomic E-state index is 13.3. The first-order chi connectivity index (χ1) is 7.66. The van der Waals surface area contributed by atoms with Gasteiger partial charge in [0.2, 0.25) is 0 Å². The Morgan fingerprint density at radius 2 is 2.31 bits per heavy atom. The molecule has 0 bridgehead atoms. The molecule has 0 amide bonds. The van der Waals surface area contributed by atoms with Gasteiger partial charge in [-0.05, 0) is 18.6 Å². The molecule has 0 unspecified atom stereocenters. The van der Waals surface area contributed by atoms with Gasteiger partial charge in [0.05, 0.1) is 6.42 Å². The molecule has 16 heavy (non-hydrogen) atoms. The van der Waals surface area contributed by atoms with Gasteiger partial charge in [-0.15, -0.1) is 11.3 Å². The smallest absolute Gasteiger partial charge is 0.169 e. The Morgan fingerprint density at radius 3 is 2.94 bits per heavy atom. The monoisotopic (exact) mass is 235 g/mol. The van der Waals surface area contributed by atoms with Crippen LogP contribution in [0, 0.1) is 12.7 Å². The maximum Gasteiger partial charge on any atom is 0.169 e. The molecule has 2 aromatic rings. The zero-order chi connectivity index (χ0) is 11.5. The van der Waals surface area contributed by atoms with Gasteiger partial charge in [0.15, 0.2) is 5.78 Å². The Balaban J connectivity index is 2.18. The van der Waals surface area contributed by atoms with Crippen LogP contribution in [0.4, 0.5) is 4.39 Å². The van der Waals surface area contributed by atoms with Gasteiger partial charge in [0.25, 0.3) is 0 Å². The Kier molecular flexibility index (Phi) is 3.10. The molecular weight excluding hydrogens is 225 g/mol. The summed E-state index contributed by atoms with van der Waals surface area (Å²) in [5.41, 5.74) is 0.948. The fraction of sp³-hybridized carbons (Fsp3) is 0.167. The maximum absolute atomic E-state index is 13.3. The zero-order valence-electron chi connectivity index (χ0n) is 8.74. The van der Waals surface area contributed by atoms with Gasteiger partial charge in [-0.25, -0.2) is 9.37 Å². The Labute approximate surface area is 96.8 Å². The molecule has 1 aromatic carbocycles. The van der Waals surface area contributed by atoms with Crippen molar-refractivity contribution in [2.75, 3.05) is 0 Å². The van der Waals surface area contributed by atoms with Crippen LogP contribution in [-0.2, 0) is 6.42 Å². The van der Waals surface area contributed by atoms with Gasteiger partial charge in [0, 0.05) is 17.1 Å². The predicted molar refractivity (Wildman–Crippen MR) is 61.3 cm³/mol. The standard InChI is InChI=1S/C12H10FNOS/c1-8-2-3-9(6-10(8)13)11(15)7-12-14-4-5-16-12/h2-6H,7H2,1H3. The van der Waals surface area contributed by atoms with Crippen LogP contribution in [0.15, 0.2) is 29.8 Å². The zero-order valence-corrected chi connectivity index (χ0v) is 9.55. The van der Waals surface area contributed by atoms with Crippen LogP contribution in [0.1, 0.15) is 20.9 Å². The van der Waals surface area contributed by atoms with E-state index in [0.717, 1.165) is 5.01 Å². The molecular formula is C12H10FNOS. The number of Topliss-reactive ketones (excluding diaryl/α,β-unsaturated/α-hetero) is 1. The van der Waals surface area contributed by atoms with Gasteiger partial charge in [-0.1, -0.05) is 12.1 Å². The molecule has 2 rings (SSSR count). The first-order valence-electron chi connectivity index (χ1n) is 4.84. The average molecular weight is 235 g/mol. The topological polar surface area (TPSA) is 30.0 Å². The van der Waals surface area contributed by atoms with E-state index in [0.29, 0.717) is 11.1 Å². The molecule has 0 radical (unpaired) electrons. The molecule has 0 aliphatic rings. The summed E-state index contributed by atoms with van der Waals surface area (Å²) in [5.74, 6) is -0.446. The summed E-state index contributed by atoms with van der Waals surface area (Å²) >= 11 is 1.43. The van der Waals surface area contributed by atoms with Gasteiger partial charge in [0.1, 0.15) is 10.8 Å². The summed E-state index contributed by atoms with van der Waals surface area (Å²) in [5, 5.41) is 2.57. The van der Waals surface area contributed by atoms with E-state index in [2.05, 4.69) is 4.98 Å². The average Bonchev–Trinajstić information content (AvgIpc) is 2.74. The largest absolute Gasteiger partial charge is 0.294 e. The van der Waals surface area contributed by atoms with Crippen molar-refractivity contribution in [1.82, 2.24) is 4.98 Å². The van der Waals surface area contributed by atoms with E-state index in [1.165, 1.54) is 17.4 Å². The SMILES string of the molecule is Cc1ccc(C(=O)Cc2nccs2)cc1F. The quantitative estimate of drug-likeness (QED) is 0.765. The Morgan fingerprint density at radius 1 is 1.50 bits per heavy atom. The lowest BCUT2D eigenvalue weighted by atomic mass is 10.1. The minimum Gasteiger partial charge on any atom is -0.294 e. The van der Waals surface area contributed by atoms with Crippen LogP contribution in [0.2, 0.25) is 0 Å². The molecule has 0 N–H and O–H groups in total. The molecule has 0 spiro atoms. The fourth-order valence-corrected chi connectivity index (χ4v) is 1.96. The van der Waals surface area contributed by atoms with Crippen molar-refractivity contribution < 1.29 is 9.18 Å². The minimum atomic E-state index is -0.343. The van der Waals surface area contributed by atoms with Crippen molar-refractivity contribution >= 4 is 17.1 Å². The number of aromatic nitrogens is 1. The number of halogens is 1. The van der Waals surface area contributed by atoms with E-state index < -0.39 is 0 Å². The number of carbonyl (C=O) groups excluding carboxylic acids is 1. The number of nitrogens with zero attached hydrogens (tertiary/aromatic N) is 1. The summed E-state index contributed by atoms with van der Waals surface area (Å²) in [6.07, 6.45) is 1.89. The van der Waals surface area contributed by atoms with E-state index in [9.17, 15) is 9.18 Å². The lowest BCUT2D eigenvalue weighted by Crippen LogP contribution is -2.04. The van der Waals surface area contributed by atoms with Crippen LogP contribution in [0.25, 0.3) is 0 Å². The Bertz CT molecular complexity index is 508. The molecule has 0 aliphatic heterocycles. The van der Waals surface area contributed by atoms with Gasteiger partial charge < -0.3 is 0 Å². The van der Waals surface area contributed by atoms with Crippen molar-refractivity contribution in [2.24, 2.45) is 0 Å². The third kappa shape index (κ3) is 2.33.